The zero-order chi connectivity index (χ0) is 25.6. The van der Waals surface area contributed by atoms with Gasteiger partial charge < -0.3 is 36.3 Å². The Kier molecular flexibility index (Phi) is 8.37. The number of aromatic nitrogens is 1. The van der Waals surface area contributed by atoms with Gasteiger partial charge in [-0.3, -0.25) is 9.78 Å². The second kappa shape index (κ2) is 11.2. The van der Waals surface area contributed by atoms with Crippen molar-refractivity contribution < 1.29 is 19.4 Å². The Morgan fingerprint density at radius 1 is 1.26 bits per heavy atom. The highest BCUT2D eigenvalue weighted by Gasteiger charge is 2.20. The number of nitrogens with zero attached hydrogens (tertiary/aromatic N) is 2. The second-order valence-electron chi connectivity index (χ2n) is 8.85. The van der Waals surface area contributed by atoms with E-state index in [2.05, 4.69) is 15.2 Å². The number of amides is 1. The third-order valence-corrected chi connectivity index (χ3v) is 5.65. The van der Waals surface area contributed by atoms with Crippen molar-refractivity contribution in [3.8, 4) is 0 Å². The summed E-state index contributed by atoms with van der Waals surface area (Å²) in [6.07, 6.45) is 3.31. The van der Waals surface area contributed by atoms with Crippen LogP contribution in [0.5, 0.6) is 0 Å². The summed E-state index contributed by atoms with van der Waals surface area (Å²) in [6, 6.07) is 8.71. The molecule has 2 aromatic rings. The van der Waals surface area contributed by atoms with E-state index in [-0.39, 0.29) is 5.91 Å². The molecule has 0 unspecified atom stereocenters. The zero-order valence-corrected chi connectivity index (χ0v) is 20.8. The molecular weight excluding hydrogens is 446 g/mol. The Bertz CT molecular complexity index is 1110. The molecule has 188 valence electrons. The van der Waals surface area contributed by atoms with E-state index in [1.54, 1.807) is 26.0 Å². The first kappa shape index (κ1) is 26.1. The summed E-state index contributed by atoms with van der Waals surface area (Å²) in [4.78, 5) is 19.1. The van der Waals surface area contributed by atoms with Gasteiger partial charge in [-0.05, 0) is 63.6 Å². The van der Waals surface area contributed by atoms with Crippen molar-refractivity contribution in [2.24, 2.45) is 11.5 Å². The number of benzene rings is 1. The Morgan fingerprint density at radius 3 is 2.63 bits per heavy atom. The number of morpholine rings is 1. The molecule has 9 heteroatoms. The maximum atomic E-state index is 12.9. The minimum Gasteiger partial charge on any atom is -0.478 e. The summed E-state index contributed by atoms with van der Waals surface area (Å²) in [5, 5.41) is 13.1. The molecule has 1 aliphatic rings. The van der Waals surface area contributed by atoms with Gasteiger partial charge in [-0.15, -0.1) is 0 Å². The molecule has 6 N–H and O–H groups in total. The van der Waals surface area contributed by atoms with Crippen LogP contribution < -0.4 is 16.8 Å². The first-order valence-corrected chi connectivity index (χ1v) is 11.6. The van der Waals surface area contributed by atoms with Gasteiger partial charge in [0.2, 0.25) is 5.88 Å². The lowest BCUT2D eigenvalue weighted by molar-refractivity contribution is 0.0519. The van der Waals surface area contributed by atoms with Crippen LogP contribution in [-0.2, 0) is 15.1 Å². The van der Waals surface area contributed by atoms with Crippen LogP contribution in [0.4, 0.5) is 5.69 Å². The Balaban J connectivity index is 1.88. The summed E-state index contributed by atoms with van der Waals surface area (Å²) in [7, 11) is 0. The average Bonchev–Trinajstić information content (AvgIpc) is 2.83. The zero-order valence-electron chi connectivity index (χ0n) is 20.8. The maximum Gasteiger partial charge on any atom is 0.255 e. The summed E-state index contributed by atoms with van der Waals surface area (Å²) in [6.45, 7) is 10.1. The minimum atomic E-state index is -1.15. The number of allylic oxidation sites excluding steroid dienone is 1. The van der Waals surface area contributed by atoms with Gasteiger partial charge in [0.1, 0.15) is 5.60 Å². The molecule has 2 heterocycles. The SMILES string of the molecule is CCO/C(N)=C(/C=C(\N)c1cc(NC(=O)c2ccnc(C(C)(C)O)c2)ccc1C)N1CCOCC1. The van der Waals surface area contributed by atoms with E-state index < -0.39 is 5.60 Å². The highest BCUT2D eigenvalue weighted by molar-refractivity contribution is 6.04. The van der Waals surface area contributed by atoms with Gasteiger partial charge in [0, 0.05) is 41.8 Å². The molecule has 0 bridgehead atoms. The molecule has 9 nitrogen and oxygen atoms in total. The molecule has 0 saturated carbocycles. The third-order valence-electron chi connectivity index (χ3n) is 5.65. The number of rotatable bonds is 8. The Hall–Kier alpha value is -3.56. The molecule has 1 saturated heterocycles. The average molecular weight is 482 g/mol. The fraction of sp³-hybridized carbons (Fsp3) is 0.385. The summed E-state index contributed by atoms with van der Waals surface area (Å²) < 4.78 is 11.0. The molecule has 0 radical (unpaired) electrons. The number of hydrogen-bond acceptors (Lipinski definition) is 8. The van der Waals surface area contributed by atoms with E-state index in [0.29, 0.717) is 67.1 Å². The molecule has 1 fully saturated rings. The van der Waals surface area contributed by atoms with Gasteiger partial charge in [0.25, 0.3) is 5.91 Å². The van der Waals surface area contributed by atoms with Crippen molar-refractivity contribution in [3.05, 3.63) is 76.6 Å². The minimum absolute atomic E-state index is 0.305. The van der Waals surface area contributed by atoms with Crippen LogP contribution in [0.25, 0.3) is 5.70 Å². The predicted molar refractivity (Wildman–Crippen MR) is 136 cm³/mol. The number of anilines is 1. The predicted octanol–water partition coefficient (Wildman–Crippen LogP) is 2.67. The van der Waals surface area contributed by atoms with E-state index in [9.17, 15) is 9.90 Å². The van der Waals surface area contributed by atoms with Crippen molar-refractivity contribution in [3.63, 3.8) is 0 Å². The number of nitrogens with two attached hydrogens (primary N) is 2. The van der Waals surface area contributed by atoms with Gasteiger partial charge >= 0.3 is 0 Å². The molecular formula is C26H35N5O4. The van der Waals surface area contributed by atoms with Crippen molar-refractivity contribution in [2.45, 2.75) is 33.3 Å². The number of pyridine rings is 1. The molecule has 0 spiro atoms. The monoisotopic (exact) mass is 481 g/mol. The molecule has 1 aliphatic heterocycles. The molecule has 0 atom stereocenters. The standard InChI is InChI=1S/C26H35N5O4/c1-5-35-24(28)22(31-10-12-34-13-11-31)16-21(27)20-15-19(7-6-17(20)2)30-25(32)18-8-9-29-23(14-18)26(3,4)33/h6-9,14-16,33H,5,10-13,27-28H2,1-4H3,(H,30,32)/b21-16-,24-22-. The fourth-order valence-electron chi connectivity index (χ4n) is 3.70. The van der Waals surface area contributed by atoms with Crippen LogP contribution in [0.2, 0.25) is 0 Å². The Morgan fingerprint density at radius 2 is 1.97 bits per heavy atom. The van der Waals surface area contributed by atoms with Crippen molar-refractivity contribution in [1.82, 2.24) is 9.88 Å². The van der Waals surface area contributed by atoms with Gasteiger partial charge in [-0.25, -0.2) is 0 Å². The number of nitrogens with one attached hydrogen (secondary N) is 1. The topological polar surface area (TPSA) is 136 Å². The third kappa shape index (κ3) is 6.74. The number of aryl methyl sites for hydroxylation is 1. The van der Waals surface area contributed by atoms with E-state index in [1.165, 1.54) is 6.20 Å². The first-order chi connectivity index (χ1) is 16.6. The number of aliphatic hydroxyl groups is 1. The van der Waals surface area contributed by atoms with Crippen LogP contribution in [0.15, 0.2) is 54.2 Å². The van der Waals surface area contributed by atoms with E-state index in [1.807, 2.05) is 38.1 Å². The molecule has 35 heavy (non-hydrogen) atoms. The molecule has 1 aromatic carbocycles. The summed E-state index contributed by atoms with van der Waals surface area (Å²) in [5.41, 5.74) is 15.9. The Labute approximate surface area is 206 Å². The number of ether oxygens (including phenoxy) is 2. The number of carbonyl (C=O) groups excluding carboxylic acids is 1. The van der Waals surface area contributed by atoms with Crippen LogP contribution in [0, 0.1) is 6.92 Å². The maximum absolute atomic E-state index is 12.9. The second-order valence-corrected chi connectivity index (χ2v) is 8.85. The lowest BCUT2D eigenvalue weighted by Gasteiger charge is -2.30. The normalized spacial score (nSPS) is 15.5. The van der Waals surface area contributed by atoms with Crippen molar-refractivity contribution in [1.29, 1.82) is 0 Å². The molecule has 1 aromatic heterocycles. The van der Waals surface area contributed by atoms with Crippen LogP contribution in [0.1, 0.15) is 48.0 Å². The quantitative estimate of drug-likeness (QED) is 0.334. The first-order valence-electron chi connectivity index (χ1n) is 11.6. The number of carbonyl (C=O) groups is 1. The van der Waals surface area contributed by atoms with Crippen molar-refractivity contribution in [2.75, 3.05) is 38.2 Å². The molecule has 1 amide bonds. The highest BCUT2D eigenvalue weighted by Crippen LogP contribution is 2.24. The van der Waals surface area contributed by atoms with Gasteiger partial charge in [-0.1, -0.05) is 6.07 Å². The largest absolute Gasteiger partial charge is 0.478 e. The van der Waals surface area contributed by atoms with E-state index in [4.69, 9.17) is 20.9 Å². The number of hydrogen-bond donors (Lipinski definition) is 4. The van der Waals surface area contributed by atoms with Crippen LogP contribution in [0.3, 0.4) is 0 Å². The van der Waals surface area contributed by atoms with E-state index in [0.717, 1.165) is 11.1 Å². The summed E-state index contributed by atoms with van der Waals surface area (Å²) >= 11 is 0. The van der Waals surface area contributed by atoms with Crippen LogP contribution >= 0.6 is 0 Å². The smallest absolute Gasteiger partial charge is 0.255 e. The van der Waals surface area contributed by atoms with Gasteiger partial charge in [0.05, 0.1) is 31.2 Å². The lowest BCUT2D eigenvalue weighted by atomic mass is 10.0. The van der Waals surface area contributed by atoms with Crippen LogP contribution in [-0.4, -0.2) is 53.8 Å². The van der Waals surface area contributed by atoms with Gasteiger partial charge in [-0.2, -0.15) is 0 Å². The highest BCUT2D eigenvalue weighted by atomic mass is 16.5. The van der Waals surface area contributed by atoms with Crippen molar-refractivity contribution >= 4 is 17.3 Å². The molecule has 0 aliphatic carbocycles. The molecule has 3 rings (SSSR count). The fourth-order valence-corrected chi connectivity index (χ4v) is 3.70. The van der Waals surface area contributed by atoms with Gasteiger partial charge in [0.15, 0.2) is 0 Å². The lowest BCUT2D eigenvalue weighted by Crippen LogP contribution is -2.37. The summed E-state index contributed by atoms with van der Waals surface area (Å²) in [5.74, 6) is -0.00972. The van der Waals surface area contributed by atoms with E-state index >= 15 is 0 Å².